The number of nitrogen functional groups attached to an aromatic ring is 1. The minimum atomic E-state index is -0.454. The summed E-state index contributed by atoms with van der Waals surface area (Å²) in [5, 5.41) is 0. The van der Waals surface area contributed by atoms with Crippen molar-refractivity contribution in [2.24, 2.45) is 0 Å². The van der Waals surface area contributed by atoms with Gasteiger partial charge in [-0.15, -0.1) is 0 Å². The van der Waals surface area contributed by atoms with E-state index in [1.54, 1.807) is 31.2 Å². The summed E-state index contributed by atoms with van der Waals surface area (Å²) in [6, 6.07) is 8.12. The lowest BCUT2D eigenvalue weighted by atomic mass is 10.0. The van der Waals surface area contributed by atoms with Crippen molar-refractivity contribution in [3.05, 3.63) is 59.0 Å². The largest absolute Gasteiger partial charge is 0.384 e. The van der Waals surface area contributed by atoms with Crippen LogP contribution < -0.4 is 5.73 Å². The number of aryl methyl sites for hydroxylation is 1. The molecule has 0 fully saturated rings. The van der Waals surface area contributed by atoms with Crippen LogP contribution in [0.4, 0.5) is 10.2 Å². The van der Waals surface area contributed by atoms with E-state index in [1.165, 1.54) is 12.3 Å². The van der Waals surface area contributed by atoms with E-state index in [4.69, 9.17) is 5.73 Å². The molecule has 0 amide bonds. The molecule has 0 spiro atoms. The molecule has 1 aromatic carbocycles. The fourth-order valence-electron chi connectivity index (χ4n) is 1.75. The molecule has 2 rings (SSSR count). The highest BCUT2D eigenvalue weighted by molar-refractivity contribution is 5.98. The number of nitrogens with two attached hydrogens (primary N) is 1. The number of hydrogen-bond acceptors (Lipinski definition) is 3. The summed E-state index contributed by atoms with van der Waals surface area (Å²) in [6.45, 7) is 1.64. The monoisotopic (exact) mass is 244 g/mol. The summed E-state index contributed by atoms with van der Waals surface area (Å²) in [4.78, 5) is 15.8. The number of rotatable bonds is 3. The van der Waals surface area contributed by atoms with Crippen LogP contribution in [-0.2, 0) is 6.42 Å². The van der Waals surface area contributed by atoms with Gasteiger partial charge in [0.05, 0.1) is 5.56 Å². The second kappa shape index (κ2) is 4.96. The molecular weight excluding hydrogens is 231 g/mol. The van der Waals surface area contributed by atoms with Crippen LogP contribution in [-0.4, -0.2) is 10.8 Å². The van der Waals surface area contributed by atoms with Crippen LogP contribution in [0.2, 0.25) is 0 Å². The Hall–Kier alpha value is -2.23. The number of halogens is 1. The summed E-state index contributed by atoms with van der Waals surface area (Å²) in [5.74, 6) is -0.364. The molecule has 0 atom stereocenters. The SMILES string of the molecule is Cc1cccc(C(=O)Cc2ccnc(N)c2)c1F. The van der Waals surface area contributed by atoms with E-state index in [1.807, 2.05) is 0 Å². The first kappa shape index (κ1) is 12.2. The molecule has 0 saturated heterocycles. The number of ketones is 1. The molecule has 2 N–H and O–H groups in total. The third-order valence-electron chi connectivity index (χ3n) is 2.70. The van der Waals surface area contributed by atoms with E-state index in [2.05, 4.69) is 4.98 Å². The number of nitrogens with zero attached hydrogens (tertiary/aromatic N) is 1. The van der Waals surface area contributed by atoms with Crippen molar-refractivity contribution in [3.8, 4) is 0 Å². The van der Waals surface area contributed by atoms with Crippen LogP contribution in [0.3, 0.4) is 0 Å². The maximum Gasteiger partial charge on any atom is 0.170 e. The van der Waals surface area contributed by atoms with Crippen molar-refractivity contribution in [2.75, 3.05) is 5.73 Å². The zero-order valence-electron chi connectivity index (χ0n) is 9.98. The Morgan fingerprint density at radius 1 is 1.39 bits per heavy atom. The Morgan fingerprint density at radius 2 is 2.17 bits per heavy atom. The Labute approximate surface area is 104 Å². The van der Waals surface area contributed by atoms with Gasteiger partial charge in [-0.05, 0) is 36.2 Å². The predicted molar refractivity (Wildman–Crippen MR) is 67.8 cm³/mol. The standard InChI is InChI=1S/C14H13FN2O/c1-9-3-2-4-11(14(9)15)12(18)7-10-5-6-17-13(16)8-10/h2-6,8H,7H2,1H3,(H2,16,17). The summed E-state index contributed by atoms with van der Waals surface area (Å²) in [7, 11) is 0. The second-order valence-electron chi connectivity index (χ2n) is 4.13. The first-order valence-corrected chi connectivity index (χ1v) is 5.56. The summed E-state index contributed by atoms with van der Waals surface area (Å²) < 4.78 is 13.8. The Morgan fingerprint density at radius 3 is 2.89 bits per heavy atom. The highest BCUT2D eigenvalue weighted by Gasteiger charge is 2.13. The van der Waals surface area contributed by atoms with Crippen LogP contribution >= 0.6 is 0 Å². The molecule has 0 aliphatic carbocycles. The fraction of sp³-hybridized carbons (Fsp3) is 0.143. The van der Waals surface area contributed by atoms with Crippen molar-refractivity contribution in [1.29, 1.82) is 0 Å². The van der Waals surface area contributed by atoms with Gasteiger partial charge in [0, 0.05) is 12.6 Å². The van der Waals surface area contributed by atoms with Gasteiger partial charge in [0.25, 0.3) is 0 Å². The quantitative estimate of drug-likeness (QED) is 0.844. The van der Waals surface area contributed by atoms with Crippen molar-refractivity contribution < 1.29 is 9.18 Å². The number of anilines is 1. The Bertz CT molecular complexity index is 596. The molecule has 3 nitrogen and oxygen atoms in total. The van der Waals surface area contributed by atoms with Gasteiger partial charge >= 0.3 is 0 Å². The Balaban J connectivity index is 2.25. The molecule has 1 aromatic heterocycles. The molecule has 0 bridgehead atoms. The van der Waals surface area contributed by atoms with E-state index in [-0.39, 0.29) is 17.8 Å². The van der Waals surface area contributed by atoms with Gasteiger partial charge in [-0.3, -0.25) is 4.79 Å². The predicted octanol–water partition coefficient (Wildman–Crippen LogP) is 2.54. The van der Waals surface area contributed by atoms with E-state index in [0.717, 1.165) is 5.56 Å². The first-order chi connectivity index (χ1) is 8.58. The third kappa shape index (κ3) is 2.53. The summed E-state index contributed by atoms with van der Waals surface area (Å²) >= 11 is 0. The average Bonchev–Trinajstić information content (AvgIpc) is 2.32. The smallest absolute Gasteiger partial charge is 0.170 e. The number of benzene rings is 1. The molecule has 18 heavy (non-hydrogen) atoms. The first-order valence-electron chi connectivity index (χ1n) is 5.56. The number of pyridine rings is 1. The van der Waals surface area contributed by atoms with Crippen molar-refractivity contribution >= 4 is 11.6 Å². The van der Waals surface area contributed by atoms with Crippen LogP contribution in [0.25, 0.3) is 0 Å². The highest BCUT2D eigenvalue weighted by Crippen LogP contribution is 2.15. The van der Waals surface area contributed by atoms with Crippen LogP contribution in [0.1, 0.15) is 21.5 Å². The van der Waals surface area contributed by atoms with Gasteiger partial charge in [0.1, 0.15) is 11.6 Å². The summed E-state index contributed by atoms with van der Waals surface area (Å²) in [6.07, 6.45) is 1.65. The summed E-state index contributed by atoms with van der Waals surface area (Å²) in [5.41, 5.74) is 6.84. The van der Waals surface area contributed by atoms with Crippen LogP contribution in [0.15, 0.2) is 36.5 Å². The maximum atomic E-state index is 13.8. The van der Waals surface area contributed by atoms with Gasteiger partial charge in [0.2, 0.25) is 0 Å². The zero-order chi connectivity index (χ0) is 13.1. The fourth-order valence-corrected chi connectivity index (χ4v) is 1.75. The average molecular weight is 244 g/mol. The van der Waals surface area contributed by atoms with Crippen molar-refractivity contribution in [1.82, 2.24) is 4.98 Å². The molecule has 92 valence electrons. The van der Waals surface area contributed by atoms with Crippen LogP contribution in [0, 0.1) is 12.7 Å². The number of aromatic nitrogens is 1. The van der Waals surface area contributed by atoms with Gasteiger partial charge in [-0.1, -0.05) is 12.1 Å². The molecular formula is C14H13FN2O. The minimum absolute atomic E-state index is 0.116. The lowest BCUT2D eigenvalue weighted by Crippen LogP contribution is -2.07. The molecule has 0 aliphatic rings. The molecule has 4 heteroatoms. The normalized spacial score (nSPS) is 10.3. The minimum Gasteiger partial charge on any atom is -0.384 e. The maximum absolute atomic E-state index is 13.8. The Kier molecular flexibility index (Phi) is 3.37. The molecule has 0 unspecified atom stereocenters. The highest BCUT2D eigenvalue weighted by atomic mass is 19.1. The van der Waals surface area contributed by atoms with E-state index >= 15 is 0 Å². The van der Waals surface area contributed by atoms with E-state index in [9.17, 15) is 9.18 Å². The number of carbonyl (C=O) groups excluding carboxylic acids is 1. The van der Waals surface area contributed by atoms with Gasteiger partial charge in [0.15, 0.2) is 5.78 Å². The van der Waals surface area contributed by atoms with E-state index in [0.29, 0.717) is 11.4 Å². The van der Waals surface area contributed by atoms with Crippen molar-refractivity contribution in [2.45, 2.75) is 13.3 Å². The topological polar surface area (TPSA) is 56.0 Å². The van der Waals surface area contributed by atoms with Gasteiger partial charge < -0.3 is 5.73 Å². The molecule has 0 radical (unpaired) electrons. The number of carbonyl (C=O) groups is 1. The van der Waals surface area contributed by atoms with Gasteiger partial charge in [-0.2, -0.15) is 0 Å². The molecule has 0 saturated carbocycles. The third-order valence-corrected chi connectivity index (χ3v) is 2.70. The lowest BCUT2D eigenvalue weighted by Gasteiger charge is -2.05. The molecule has 0 aliphatic heterocycles. The number of Topliss-reactive ketones (excluding diaryl/α,β-unsaturated/α-hetero) is 1. The number of hydrogen-bond donors (Lipinski definition) is 1. The zero-order valence-corrected chi connectivity index (χ0v) is 9.98. The lowest BCUT2D eigenvalue weighted by molar-refractivity contribution is 0.0989. The second-order valence-corrected chi connectivity index (χ2v) is 4.13. The molecule has 2 aromatic rings. The van der Waals surface area contributed by atoms with Gasteiger partial charge in [-0.25, -0.2) is 9.37 Å². The van der Waals surface area contributed by atoms with E-state index < -0.39 is 5.82 Å². The van der Waals surface area contributed by atoms with Crippen LogP contribution in [0.5, 0.6) is 0 Å². The molecule has 1 heterocycles. The van der Waals surface area contributed by atoms with Crippen molar-refractivity contribution in [3.63, 3.8) is 0 Å².